The molecule has 0 N–H and O–H groups in total. The number of hydrogen-bond acceptors (Lipinski definition) is 1. The molecule has 3 aromatic rings. The van der Waals surface area contributed by atoms with Crippen molar-refractivity contribution in [3.8, 4) is 0 Å². The maximum atomic E-state index is 5.22. The summed E-state index contributed by atoms with van der Waals surface area (Å²) in [6.07, 6.45) is 3.87. The quantitative estimate of drug-likeness (QED) is 0.331. The van der Waals surface area contributed by atoms with Crippen LogP contribution in [-0.4, -0.2) is 8.07 Å². The summed E-state index contributed by atoms with van der Waals surface area (Å²) in [6.45, 7) is 7.19. The van der Waals surface area contributed by atoms with E-state index in [2.05, 4.69) is 62.5 Å². The third-order valence-corrected chi connectivity index (χ3v) is 9.15. The predicted octanol–water partition coefficient (Wildman–Crippen LogP) is -0.485. The number of rotatable bonds is 0. The van der Waals surface area contributed by atoms with Crippen LogP contribution in [0.4, 0.5) is 0 Å². The molecule has 3 heterocycles. The third kappa shape index (κ3) is 3.05. The molecule has 2 aliphatic heterocycles. The SMILES string of the molecule is CC1=C2c3cocc3C1[Si]2(C)C.[Cl-].[Cl-].[Zr+3].c1ccc2[cH-]ccc2c1. The molecular formula is C19H19Cl2OSiZr. The summed E-state index contributed by atoms with van der Waals surface area (Å²) in [5, 5.41) is 4.33. The van der Waals surface area contributed by atoms with Crippen LogP contribution < -0.4 is 24.8 Å². The van der Waals surface area contributed by atoms with Gasteiger partial charge in [0.2, 0.25) is 0 Å². The maximum absolute atomic E-state index is 5.22. The Morgan fingerprint density at radius 1 is 1.04 bits per heavy atom. The molecule has 2 aromatic carbocycles. The largest absolute Gasteiger partial charge is 3.00 e. The van der Waals surface area contributed by atoms with E-state index < -0.39 is 8.07 Å². The topological polar surface area (TPSA) is 13.1 Å². The zero-order valence-electron chi connectivity index (χ0n) is 13.9. The van der Waals surface area contributed by atoms with E-state index in [-0.39, 0.29) is 51.0 Å². The van der Waals surface area contributed by atoms with Crippen LogP contribution in [0.25, 0.3) is 16.0 Å². The van der Waals surface area contributed by atoms with E-state index in [0.717, 1.165) is 5.54 Å². The second-order valence-electron chi connectivity index (χ2n) is 6.61. The molecule has 1 aliphatic carbocycles. The van der Waals surface area contributed by atoms with Crippen molar-refractivity contribution in [3.05, 3.63) is 71.7 Å². The number of fused-ring (bicyclic) bond motifs is 1. The Balaban J connectivity index is 0.000000220. The molecule has 123 valence electrons. The first-order valence-electron chi connectivity index (χ1n) is 7.49. The van der Waals surface area contributed by atoms with Crippen molar-refractivity contribution in [3.63, 3.8) is 0 Å². The minimum Gasteiger partial charge on any atom is -1.00 e. The summed E-state index contributed by atoms with van der Waals surface area (Å²) in [5.74, 6) is 0. The zero-order chi connectivity index (χ0) is 14.6. The molecule has 1 unspecified atom stereocenters. The molecule has 2 bridgehead atoms. The first-order chi connectivity index (χ1) is 10.1. The van der Waals surface area contributed by atoms with Crippen LogP contribution in [0.1, 0.15) is 23.6 Å². The molecule has 3 aliphatic rings. The van der Waals surface area contributed by atoms with Gasteiger partial charge in [0, 0.05) is 16.7 Å². The Labute approximate surface area is 175 Å². The van der Waals surface area contributed by atoms with E-state index in [1.54, 1.807) is 10.8 Å². The molecule has 1 aromatic heterocycles. The summed E-state index contributed by atoms with van der Waals surface area (Å²) < 4.78 is 5.22. The average Bonchev–Trinajstić information content (AvgIpc) is 3.14. The minimum atomic E-state index is -1.04. The fourth-order valence-corrected chi connectivity index (χ4v) is 8.59. The molecule has 5 heteroatoms. The van der Waals surface area contributed by atoms with Gasteiger partial charge < -0.3 is 29.2 Å². The van der Waals surface area contributed by atoms with Gasteiger partial charge in [-0.2, -0.15) is 17.5 Å². The van der Waals surface area contributed by atoms with E-state index >= 15 is 0 Å². The Bertz CT molecular complexity index is 833. The van der Waals surface area contributed by atoms with Crippen molar-refractivity contribution in [2.45, 2.75) is 25.6 Å². The third-order valence-electron chi connectivity index (χ3n) is 5.01. The summed E-state index contributed by atoms with van der Waals surface area (Å²) in [7, 11) is -1.04. The van der Waals surface area contributed by atoms with E-state index in [0.29, 0.717) is 0 Å². The Morgan fingerprint density at radius 2 is 1.75 bits per heavy atom. The van der Waals surface area contributed by atoms with E-state index in [1.807, 2.05) is 12.5 Å². The van der Waals surface area contributed by atoms with Gasteiger partial charge in [-0.1, -0.05) is 24.7 Å². The Hall–Kier alpha value is -0.470. The van der Waals surface area contributed by atoms with Crippen molar-refractivity contribution in [2.24, 2.45) is 0 Å². The van der Waals surface area contributed by atoms with Gasteiger partial charge in [0.05, 0.1) is 20.6 Å². The number of allylic oxidation sites excluding steroid dienone is 1. The fraction of sp³-hybridized carbons (Fsp3) is 0.211. The minimum absolute atomic E-state index is 0. The first kappa shape index (κ1) is 21.6. The molecule has 0 fully saturated rings. The van der Waals surface area contributed by atoms with Crippen LogP contribution >= 0.6 is 0 Å². The monoisotopic (exact) mass is 451 g/mol. The number of benzene rings is 1. The smallest absolute Gasteiger partial charge is 1.00 e. The van der Waals surface area contributed by atoms with Gasteiger partial charge >= 0.3 is 26.2 Å². The molecule has 1 atom stereocenters. The normalized spacial score (nSPS) is 18.2. The van der Waals surface area contributed by atoms with Gasteiger partial charge in [-0.15, -0.1) is 29.7 Å². The average molecular weight is 454 g/mol. The van der Waals surface area contributed by atoms with Crippen LogP contribution in [0, 0.1) is 0 Å². The molecule has 0 amide bonds. The van der Waals surface area contributed by atoms with Gasteiger partial charge in [-0.25, -0.2) is 0 Å². The number of halogens is 2. The van der Waals surface area contributed by atoms with Gasteiger partial charge in [-0.05, 0) is 12.1 Å². The van der Waals surface area contributed by atoms with Crippen LogP contribution in [0.5, 0.6) is 0 Å². The van der Waals surface area contributed by atoms with Crippen molar-refractivity contribution in [1.82, 2.24) is 0 Å². The summed E-state index contributed by atoms with van der Waals surface area (Å²) in [5.41, 5.74) is 5.29. The summed E-state index contributed by atoms with van der Waals surface area (Å²) in [4.78, 5) is 0. The molecular weight excluding hydrogens is 434 g/mol. The molecule has 24 heavy (non-hydrogen) atoms. The van der Waals surface area contributed by atoms with Crippen molar-refractivity contribution >= 4 is 24.0 Å². The van der Waals surface area contributed by atoms with Crippen molar-refractivity contribution < 1.29 is 55.4 Å². The molecule has 6 rings (SSSR count). The van der Waals surface area contributed by atoms with E-state index in [4.69, 9.17) is 4.42 Å². The number of hydrogen-bond donors (Lipinski definition) is 0. The van der Waals surface area contributed by atoms with Crippen molar-refractivity contribution in [2.75, 3.05) is 0 Å². The fourth-order valence-electron chi connectivity index (χ4n) is 4.25. The maximum Gasteiger partial charge on any atom is 3.00 e. The summed E-state index contributed by atoms with van der Waals surface area (Å²) in [6, 6.07) is 14.7. The molecule has 1 nitrogen and oxygen atoms in total. The van der Waals surface area contributed by atoms with Gasteiger partial charge in [0.25, 0.3) is 0 Å². The van der Waals surface area contributed by atoms with Crippen LogP contribution in [0.15, 0.2) is 65.0 Å². The molecule has 0 saturated heterocycles. The second kappa shape index (κ2) is 7.83. The van der Waals surface area contributed by atoms with Crippen LogP contribution in [-0.2, 0) is 26.2 Å². The Morgan fingerprint density at radius 3 is 2.38 bits per heavy atom. The first-order valence-corrected chi connectivity index (χ1v) is 10.6. The van der Waals surface area contributed by atoms with E-state index in [9.17, 15) is 0 Å². The van der Waals surface area contributed by atoms with Gasteiger partial charge in [0.1, 0.15) is 0 Å². The molecule has 0 spiro atoms. The van der Waals surface area contributed by atoms with Crippen LogP contribution in [0.3, 0.4) is 0 Å². The molecule has 0 saturated carbocycles. The summed E-state index contributed by atoms with van der Waals surface area (Å²) >= 11 is 0. The predicted molar refractivity (Wildman–Crippen MR) is 91.1 cm³/mol. The zero-order valence-corrected chi connectivity index (χ0v) is 18.9. The molecule has 1 radical (unpaired) electrons. The Kier molecular flexibility index (Phi) is 7.03. The standard InChI is InChI=1S/C10H12OSi.C9H7.2ClH.Zr/c1-6-9-7-4-11-5-8(7)10(6)12(9,2)3;1-2-5-9-7-3-6-8(9)4-1;;;/h4-5,9H,1-3H3;1-7H;2*1H;/q;-1;;;+3/p-2. The van der Waals surface area contributed by atoms with Crippen molar-refractivity contribution in [1.29, 1.82) is 0 Å². The number of furan rings is 1. The second-order valence-corrected chi connectivity index (χ2v) is 11.1. The van der Waals surface area contributed by atoms with Gasteiger partial charge in [-0.3, -0.25) is 0 Å². The van der Waals surface area contributed by atoms with E-state index in [1.165, 1.54) is 21.9 Å². The van der Waals surface area contributed by atoms with Gasteiger partial charge in [0.15, 0.2) is 0 Å². The van der Waals surface area contributed by atoms with Crippen LogP contribution in [0.2, 0.25) is 13.1 Å².